The molecule has 80 heavy (non-hydrogen) atoms. The number of benzene rings is 3. The van der Waals surface area contributed by atoms with Crippen molar-refractivity contribution in [3.8, 4) is 0 Å². The number of amides is 4. The number of aliphatic hydroxyl groups is 4. The summed E-state index contributed by atoms with van der Waals surface area (Å²) in [5.41, 5.74) is -5.58. The summed E-state index contributed by atoms with van der Waals surface area (Å²) < 4.78 is 30.0. The fourth-order valence-corrected chi connectivity index (χ4v) is 12.7. The molecule has 3 aromatic carbocycles. The summed E-state index contributed by atoms with van der Waals surface area (Å²) in [6.45, 7) is 10.4. The standard InChI is InChI=1S/C59H76N4O16S/c1-32(2)44(52(70)61-39(27-35-19-13-10-14-20-35)51(69)60-38(25-26-80-9)53(71)75-8)62-55(73)63-45(37-23-17-12-18-24-37)47(67)54(72)78-40-29-59(74)50(76-30-36-21-15-11-16-22-36)48-57(7,49(68)46(66)43(33(40)3)56(59,5)6)41(65)28-42-58(48,31-77-42)79-34(4)64/h10-24,32,38-42,44-48,50,65-67,74H,25-31H2,1-9H3,(H,60,69)(H,61,70)(H2,62,63,73)/t38-,39+,40+,41+,42?,44+,45+,46-,47-,48?,50+,57-,58+,59-/m1/s1. The molecular weight excluding hydrogens is 1050 g/mol. The lowest BCUT2D eigenvalue weighted by Gasteiger charge is -2.67. The minimum Gasteiger partial charge on any atom is -0.467 e. The maximum absolute atomic E-state index is 15.2. The summed E-state index contributed by atoms with van der Waals surface area (Å²) in [5.74, 6) is -6.37. The zero-order valence-electron chi connectivity index (χ0n) is 46.6. The van der Waals surface area contributed by atoms with Crippen LogP contribution in [0, 0.1) is 22.7 Å². The molecule has 3 aromatic rings. The van der Waals surface area contributed by atoms with Crippen molar-refractivity contribution in [3.05, 3.63) is 119 Å². The molecule has 1 saturated heterocycles. The van der Waals surface area contributed by atoms with Gasteiger partial charge in [0.05, 0.1) is 44.0 Å². The van der Waals surface area contributed by atoms with Crippen molar-refractivity contribution < 1.29 is 77.7 Å². The van der Waals surface area contributed by atoms with Crippen molar-refractivity contribution in [2.75, 3.05) is 25.7 Å². The van der Waals surface area contributed by atoms with E-state index in [4.69, 9.17) is 23.7 Å². The zero-order valence-corrected chi connectivity index (χ0v) is 47.5. The van der Waals surface area contributed by atoms with Gasteiger partial charge in [0.2, 0.25) is 11.8 Å². The Labute approximate surface area is 470 Å². The van der Waals surface area contributed by atoms with Crippen molar-refractivity contribution in [2.45, 2.75) is 153 Å². The van der Waals surface area contributed by atoms with Gasteiger partial charge in [-0.25, -0.2) is 14.4 Å². The normalized spacial score (nSPS) is 28.6. The van der Waals surface area contributed by atoms with Gasteiger partial charge in [0.15, 0.2) is 17.5 Å². The summed E-state index contributed by atoms with van der Waals surface area (Å²) in [6, 6.07) is 19.8. The summed E-state index contributed by atoms with van der Waals surface area (Å²) in [4.78, 5) is 98.0. The number of Topliss-reactive ketones (excluding diaryl/α,β-unsaturated/α-hetero) is 1. The number of ether oxygens (including phenoxy) is 5. The molecule has 7 rings (SSSR count). The molecule has 0 spiro atoms. The highest BCUT2D eigenvalue weighted by atomic mass is 32.2. The molecule has 3 fully saturated rings. The first-order valence-corrected chi connectivity index (χ1v) is 28.3. The quantitative estimate of drug-likeness (QED) is 0.0430. The lowest BCUT2D eigenvalue weighted by Crippen LogP contribution is -2.81. The zero-order chi connectivity index (χ0) is 58.5. The number of carbonyl (C=O) groups excluding carboxylic acids is 7. The van der Waals surface area contributed by atoms with Crippen molar-refractivity contribution in [1.82, 2.24) is 21.3 Å². The van der Waals surface area contributed by atoms with Crippen LogP contribution in [0.3, 0.4) is 0 Å². The van der Waals surface area contributed by atoms with Crippen LogP contribution in [0.2, 0.25) is 0 Å². The predicted molar refractivity (Wildman–Crippen MR) is 293 cm³/mol. The van der Waals surface area contributed by atoms with Crippen molar-refractivity contribution in [1.29, 1.82) is 0 Å². The van der Waals surface area contributed by atoms with Gasteiger partial charge < -0.3 is 65.4 Å². The van der Waals surface area contributed by atoms with Gasteiger partial charge >= 0.3 is 23.9 Å². The van der Waals surface area contributed by atoms with E-state index in [1.807, 2.05) is 12.3 Å². The molecule has 0 aromatic heterocycles. The molecule has 434 valence electrons. The van der Waals surface area contributed by atoms with Gasteiger partial charge in [-0.1, -0.05) is 119 Å². The van der Waals surface area contributed by atoms with E-state index < -0.39 is 143 Å². The van der Waals surface area contributed by atoms with Crippen LogP contribution in [0.1, 0.15) is 90.5 Å². The molecular formula is C59H76N4O16S. The molecule has 8 N–H and O–H groups in total. The maximum Gasteiger partial charge on any atom is 0.338 e. The van der Waals surface area contributed by atoms with E-state index in [1.165, 1.54) is 39.6 Å². The van der Waals surface area contributed by atoms with Gasteiger partial charge in [0.25, 0.3) is 0 Å². The number of methoxy groups -OCH3 is 1. The van der Waals surface area contributed by atoms with Gasteiger partial charge in [0.1, 0.15) is 42.0 Å². The van der Waals surface area contributed by atoms with Crippen LogP contribution >= 0.6 is 11.8 Å². The second-order valence-electron chi connectivity index (χ2n) is 22.4. The molecule has 3 aliphatic carbocycles. The van der Waals surface area contributed by atoms with Gasteiger partial charge in [-0.15, -0.1) is 0 Å². The summed E-state index contributed by atoms with van der Waals surface area (Å²) in [5, 5.41) is 61.0. The fourth-order valence-electron chi connectivity index (χ4n) is 12.3. The van der Waals surface area contributed by atoms with Crippen LogP contribution in [0.4, 0.5) is 4.79 Å². The number of fused-ring (bicyclic) bond motifs is 5. The Balaban J connectivity index is 1.18. The smallest absolute Gasteiger partial charge is 0.338 e. The van der Waals surface area contributed by atoms with E-state index in [0.717, 1.165) is 0 Å². The second-order valence-corrected chi connectivity index (χ2v) is 23.4. The molecule has 4 aliphatic rings. The topological polar surface area (TPSA) is 295 Å². The monoisotopic (exact) mass is 1130 g/mol. The van der Waals surface area contributed by atoms with E-state index in [-0.39, 0.29) is 49.2 Å². The highest BCUT2D eigenvalue weighted by Crippen LogP contribution is 2.64. The van der Waals surface area contributed by atoms with Crippen LogP contribution < -0.4 is 21.3 Å². The minimum absolute atomic E-state index is 0.0188. The molecule has 21 heteroatoms. The molecule has 1 heterocycles. The molecule has 2 unspecified atom stereocenters. The van der Waals surface area contributed by atoms with Crippen LogP contribution in [0.5, 0.6) is 0 Å². The average Bonchev–Trinajstić information content (AvgIpc) is 2.47. The minimum atomic E-state index is -2.22. The van der Waals surface area contributed by atoms with Crippen LogP contribution in [0.15, 0.2) is 102 Å². The Morgan fingerprint density at radius 2 is 1.43 bits per heavy atom. The number of carbonyl (C=O) groups is 7. The number of ketones is 1. The Kier molecular flexibility index (Phi) is 19.4. The largest absolute Gasteiger partial charge is 0.467 e. The van der Waals surface area contributed by atoms with E-state index >= 15 is 4.79 Å². The van der Waals surface area contributed by atoms with Gasteiger partial charge in [-0.3, -0.25) is 19.2 Å². The number of hydrogen-bond donors (Lipinski definition) is 8. The molecule has 4 amide bonds. The first kappa shape index (κ1) is 61.4. The van der Waals surface area contributed by atoms with E-state index in [1.54, 1.807) is 113 Å². The number of esters is 3. The Bertz CT molecular complexity index is 2770. The molecule has 1 aliphatic heterocycles. The lowest BCUT2D eigenvalue weighted by molar-refractivity contribution is -0.351. The first-order chi connectivity index (χ1) is 37.9. The fraction of sp³-hybridized carbons (Fsp3) is 0.542. The van der Waals surface area contributed by atoms with E-state index in [2.05, 4.69) is 21.3 Å². The third kappa shape index (κ3) is 12.2. The second kappa shape index (κ2) is 25.3. The summed E-state index contributed by atoms with van der Waals surface area (Å²) >= 11 is 1.47. The maximum atomic E-state index is 15.2. The van der Waals surface area contributed by atoms with Gasteiger partial charge in [0, 0.05) is 37.5 Å². The SMILES string of the molecule is COC(=O)[C@@H](CCSC)NC(=O)[C@H](Cc1ccccc1)NC(=O)[C@@H](NC(=O)N[C@@H](c1ccccc1)[C@@H](O)C(=O)O[C@H]1C[C@@]2(O)[C@@H](OCc3ccccc3)C3[C@]4(OC(C)=O)COC4C[C@H](O)[C@@]3(C)C(=O)[C@H](O)C(=C1C)C2(C)C)C(C)C. The molecule has 0 radical (unpaired) electrons. The van der Waals surface area contributed by atoms with Crippen LogP contribution in [-0.2, 0) is 65.5 Å². The third-order valence-corrected chi connectivity index (χ3v) is 17.4. The number of hydrogen-bond acceptors (Lipinski definition) is 17. The number of thioether (sulfide) groups is 1. The van der Waals surface area contributed by atoms with Crippen molar-refractivity contribution in [2.24, 2.45) is 22.7 Å². The van der Waals surface area contributed by atoms with E-state index in [0.29, 0.717) is 16.9 Å². The molecule has 2 saturated carbocycles. The molecule has 14 atom stereocenters. The Morgan fingerprint density at radius 1 is 0.825 bits per heavy atom. The number of nitrogens with one attached hydrogen (secondary N) is 4. The van der Waals surface area contributed by atoms with Crippen LogP contribution in [-0.4, -0.2) is 154 Å². The lowest BCUT2D eigenvalue weighted by atomic mass is 9.44. The Morgan fingerprint density at radius 3 is 1.99 bits per heavy atom. The van der Waals surface area contributed by atoms with Gasteiger partial charge in [-0.2, -0.15) is 11.8 Å². The number of aliphatic hydroxyl groups excluding tert-OH is 3. The van der Waals surface area contributed by atoms with Crippen molar-refractivity contribution in [3.63, 3.8) is 0 Å². The van der Waals surface area contributed by atoms with Crippen molar-refractivity contribution >= 4 is 53.3 Å². The molecule has 2 bridgehead atoms. The first-order valence-electron chi connectivity index (χ1n) is 26.9. The summed E-state index contributed by atoms with van der Waals surface area (Å²) in [7, 11) is 1.21. The molecule has 20 nitrogen and oxygen atoms in total. The number of urea groups is 1. The average molecular weight is 1130 g/mol. The third-order valence-electron chi connectivity index (χ3n) is 16.8. The Hall–Kier alpha value is -6.20. The number of rotatable bonds is 21. The van der Waals surface area contributed by atoms with Crippen LogP contribution in [0.25, 0.3) is 0 Å². The predicted octanol–water partition coefficient (Wildman–Crippen LogP) is 3.56. The highest BCUT2D eigenvalue weighted by molar-refractivity contribution is 7.98. The highest BCUT2D eigenvalue weighted by Gasteiger charge is 2.77. The van der Waals surface area contributed by atoms with E-state index in [9.17, 15) is 49.2 Å². The van der Waals surface area contributed by atoms with Gasteiger partial charge in [-0.05, 0) is 66.0 Å². The summed E-state index contributed by atoms with van der Waals surface area (Å²) in [6.07, 6.45) is -8.04.